The minimum atomic E-state index is -0.338. The van der Waals surface area contributed by atoms with Crippen LogP contribution in [0.15, 0.2) is 30.6 Å². The number of benzene rings is 1. The molecule has 0 unspecified atom stereocenters. The van der Waals surface area contributed by atoms with E-state index in [1.165, 1.54) is 0 Å². The van der Waals surface area contributed by atoms with Crippen LogP contribution in [0.4, 0.5) is 5.95 Å². The molecule has 4 rings (SSSR count). The zero-order chi connectivity index (χ0) is 24.6. The molecule has 3 heterocycles. The fourth-order valence-corrected chi connectivity index (χ4v) is 4.09. The summed E-state index contributed by atoms with van der Waals surface area (Å²) in [5.74, 6) is 1.17. The number of hydrogen-bond donors (Lipinski definition) is 2. The van der Waals surface area contributed by atoms with Crippen molar-refractivity contribution in [1.82, 2.24) is 25.0 Å². The number of fused-ring (bicyclic) bond motifs is 1. The summed E-state index contributed by atoms with van der Waals surface area (Å²) in [5.41, 5.74) is 5.07. The Kier molecular flexibility index (Phi) is 8.49. The maximum absolute atomic E-state index is 11.0. The van der Waals surface area contributed by atoms with Crippen molar-refractivity contribution in [2.75, 3.05) is 37.8 Å². The van der Waals surface area contributed by atoms with Gasteiger partial charge in [-0.3, -0.25) is 10.0 Å². The lowest BCUT2D eigenvalue weighted by Crippen LogP contribution is -2.37. The van der Waals surface area contributed by atoms with Gasteiger partial charge < -0.3 is 18.9 Å². The highest BCUT2D eigenvalue weighted by Gasteiger charge is 2.20. The lowest BCUT2D eigenvalue weighted by molar-refractivity contribution is -0.129. The van der Waals surface area contributed by atoms with Gasteiger partial charge in [0.05, 0.1) is 26.1 Å². The number of nitrogens with zero attached hydrogens (tertiary/aromatic N) is 5. The Morgan fingerprint density at radius 3 is 2.57 bits per heavy atom. The minimum absolute atomic E-state index is 0.239. The Morgan fingerprint density at radius 1 is 1.11 bits per heavy atom. The number of morpholine rings is 1. The Labute approximate surface area is 205 Å². The molecule has 2 N–H and O–H groups in total. The molecule has 188 valence electrons. The zero-order valence-corrected chi connectivity index (χ0v) is 20.4. The first-order valence-corrected chi connectivity index (χ1v) is 12.3. The second-order valence-electron chi connectivity index (χ2n) is 8.96. The van der Waals surface area contributed by atoms with E-state index < -0.39 is 0 Å². The fraction of sp³-hybridized carbons (Fsp3) is 0.520. The Bertz CT molecular complexity index is 1110. The van der Waals surface area contributed by atoms with Gasteiger partial charge >= 0.3 is 0 Å². The summed E-state index contributed by atoms with van der Waals surface area (Å²) in [5, 5.41) is 8.50. The summed E-state index contributed by atoms with van der Waals surface area (Å²) in [7, 11) is 0. The van der Waals surface area contributed by atoms with Crippen LogP contribution in [-0.4, -0.2) is 63.5 Å². The van der Waals surface area contributed by atoms with Crippen molar-refractivity contribution in [3.8, 4) is 17.0 Å². The van der Waals surface area contributed by atoms with Gasteiger partial charge in [-0.15, -0.1) is 0 Å². The summed E-state index contributed by atoms with van der Waals surface area (Å²) in [4.78, 5) is 27.6. The van der Waals surface area contributed by atoms with Crippen LogP contribution in [0.3, 0.4) is 0 Å². The first-order chi connectivity index (χ1) is 17.1. The van der Waals surface area contributed by atoms with E-state index in [0.29, 0.717) is 32.2 Å². The lowest BCUT2D eigenvalue weighted by Gasteiger charge is -2.27. The SMILES string of the molecule is CC(C)n1cnc2c(-c3ccc(OCCCCCCC(=O)NO)cc3)nc(N3CCOCC3)nc21. The van der Waals surface area contributed by atoms with E-state index in [2.05, 4.69) is 28.3 Å². The van der Waals surface area contributed by atoms with E-state index in [9.17, 15) is 4.79 Å². The Hall–Kier alpha value is -3.24. The van der Waals surface area contributed by atoms with Gasteiger partial charge in [0.15, 0.2) is 5.65 Å². The number of hydrogen-bond acceptors (Lipinski definition) is 8. The highest BCUT2D eigenvalue weighted by molar-refractivity contribution is 5.88. The number of ether oxygens (including phenoxy) is 2. The highest BCUT2D eigenvalue weighted by Crippen LogP contribution is 2.30. The van der Waals surface area contributed by atoms with E-state index in [-0.39, 0.29) is 11.9 Å². The van der Waals surface area contributed by atoms with Crippen molar-refractivity contribution < 1.29 is 19.5 Å². The topological polar surface area (TPSA) is 115 Å². The van der Waals surface area contributed by atoms with Crippen LogP contribution in [-0.2, 0) is 9.53 Å². The number of hydroxylamine groups is 1. The molecule has 1 aliphatic heterocycles. The number of aromatic nitrogens is 4. The van der Waals surface area contributed by atoms with Crippen LogP contribution < -0.4 is 15.1 Å². The number of anilines is 1. The predicted molar refractivity (Wildman–Crippen MR) is 133 cm³/mol. The third kappa shape index (κ3) is 6.26. The number of amides is 1. The molecule has 0 radical (unpaired) electrons. The number of rotatable bonds is 11. The van der Waals surface area contributed by atoms with Crippen LogP contribution in [0.25, 0.3) is 22.4 Å². The first-order valence-electron chi connectivity index (χ1n) is 12.3. The average Bonchev–Trinajstić information content (AvgIpc) is 3.33. The number of carbonyl (C=O) groups excluding carboxylic acids is 1. The summed E-state index contributed by atoms with van der Waals surface area (Å²) >= 11 is 0. The maximum Gasteiger partial charge on any atom is 0.243 e. The van der Waals surface area contributed by atoms with E-state index in [1.54, 1.807) is 5.48 Å². The van der Waals surface area contributed by atoms with Crippen LogP contribution in [0.2, 0.25) is 0 Å². The van der Waals surface area contributed by atoms with Crippen LogP contribution in [0.5, 0.6) is 5.75 Å². The standard InChI is InChI=1S/C25H34N6O4/c1-18(2)31-17-26-23-22(27-25(28-24(23)31)30-12-15-34-16-13-30)19-8-10-20(11-9-19)35-14-6-4-3-5-7-21(32)29-33/h8-11,17-18,33H,3-7,12-16H2,1-2H3,(H,29,32). The fourth-order valence-electron chi connectivity index (χ4n) is 4.09. The monoisotopic (exact) mass is 482 g/mol. The summed E-state index contributed by atoms with van der Waals surface area (Å²) < 4.78 is 13.5. The normalized spacial score (nSPS) is 14.0. The Morgan fingerprint density at radius 2 is 1.86 bits per heavy atom. The molecule has 0 bridgehead atoms. The highest BCUT2D eigenvalue weighted by atomic mass is 16.5. The molecule has 0 saturated carbocycles. The van der Waals surface area contributed by atoms with Gasteiger partial charge in [-0.25, -0.2) is 15.4 Å². The van der Waals surface area contributed by atoms with E-state index in [1.807, 2.05) is 30.6 Å². The van der Waals surface area contributed by atoms with Gasteiger partial charge in [0.1, 0.15) is 17.0 Å². The van der Waals surface area contributed by atoms with Gasteiger partial charge in [-0.05, 0) is 51.0 Å². The van der Waals surface area contributed by atoms with Gasteiger partial charge in [-0.2, -0.15) is 4.98 Å². The molecule has 2 aromatic heterocycles. The van der Waals surface area contributed by atoms with Crippen molar-refractivity contribution in [3.05, 3.63) is 30.6 Å². The van der Waals surface area contributed by atoms with Crippen LogP contribution >= 0.6 is 0 Å². The molecule has 0 atom stereocenters. The van der Waals surface area contributed by atoms with Gasteiger partial charge in [-0.1, -0.05) is 12.8 Å². The predicted octanol–water partition coefficient (Wildman–Crippen LogP) is 3.75. The minimum Gasteiger partial charge on any atom is -0.494 e. The number of imidazole rings is 1. The number of carbonyl (C=O) groups is 1. The molecule has 0 aliphatic carbocycles. The zero-order valence-electron chi connectivity index (χ0n) is 20.4. The molecule has 35 heavy (non-hydrogen) atoms. The van der Waals surface area contributed by atoms with E-state index >= 15 is 0 Å². The van der Waals surface area contributed by atoms with Gasteiger partial charge in [0.2, 0.25) is 11.9 Å². The van der Waals surface area contributed by atoms with Crippen molar-refractivity contribution >= 4 is 23.0 Å². The maximum atomic E-state index is 11.0. The molecule has 1 fully saturated rings. The van der Waals surface area contributed by atoms with E-state index in [4.69, 9.17) is 24.6 Å². The molecule has 1 aliphatic rings. The Balaban J connectivity index is 1.44. The van der Waals surface area contributed by atoms with Crippen LogP contribution in [0.1, 0.15) is 52.0 Å². The second kappa shape index (κ2) is 11.9. The van der Waals surface area contributed by atoms with E-state index in [0.717, 1.165) is 66.9 Å². The van der Waals surface area contributed by atoms with Crippen molar-refractivity contribution in [1.29, 1.82) is 0 Å². The van der Waals surface area contributed by atoms with Crippen LogP contribution in [0, 0.1) is 0 Å². The summed E-state index contributed by atoms with van der Waals surface area (Å²) in [6, 6.07) is 8.19. The molecule has 1 amide bonds. The molecule has 3 aromatic rings. The smallest absolute Gasteiger partial charge is 0.243 e. The third-order valence-electron chi connectivity index (χ3n) is 6.08. The molecule has 0 spiro atoms. The van der Waals surface area contributed by atoms with Gasteiger partial charge in [0.25, 0.3) is 0 Å². The molecule has 10 heteroatoms. The molecular weight excluding hydrogens is 448 g/mol. The summed E-state index contributed by atoms with van der Waals surface area (Å²) in [6.45, 7) is 7.73. The average molecular weight is 483 g/mol. The molecule has 1 aromatic carbocycles. The molecule has 10 nitrogen and oxygen atoms in total. The quantitative estimate of drug-likeness (QED) is 0.241. The lowest BCUT2D eigenvalue weighted by atomic mass is 10.1. The largest absolute Gasteiger partial charge is 0.494 e. The third-order valence-corrected chi connectivity index (χ3v) is 6.08. The van der Waals surface area contributed by atoms with Crippen molar-refractivity contribution in [2.45, 2.75) is 52.0 Å². The van der Waals surface area contributed by atoms with Gasteiger partial charge in [0, 0.05) is 31.1 Å². The molecule has 1 saturated heterocycles. The summed E-state index contributed by atoms with van der Waals surface area (Å²) in [6.07, 6.45) is 5.74. The second-order valence-corrected chi connectivity index (χ2v) is 8.96. The number of unbranched alkanes of at least 4 members (excludes halogenated alkanes) is 3. The van der Waals surface area contributed by atoms with Crippen molar-refractivity contribution in [3.63, 3.8) is 0 Å². The molecular formula is C25H34N6O4. The first kappa shape index (κ1) is 24.9. The van der Waals surface area contributed by atoms with Crippen molar-refractivity contribution in [2.24, 2.45) is 0 Å². The number of nitrogens with one attached hydrogen (secondary N) is 1.